The number of nitrogens with zero attached hydrogens (tertiary/aromatic N) is 3. The van der Waals surface area contributed by atoms with Crippen LogP contribution in [0.3, 0.4) is 0 Å². The van der Waals surface area contributed by atoms with Crippen molar-refractivity contribution in [3.8, 4) is 0 Å². The van der Waals surface area contributed by atoms with E-state index in [2.05, 4.69) is 25.8 Å². The first-order chi connectivity index (χ1) is 11.5. The first kappa shape index (κ1) is 15.9. The van der Waals surface area contributed by atoms with Crippen LogP contribution in [-0.2, 0) is 9.59 Å². The lowest BCUT2D eigenvalue weighted by atomic mass is 10.1. The van der Waals surface area contributed by atoms with Crippen molar-refractivity contribution in [2.45, 2.75) is 18.9 Å². The highest BCUT2D eigenvalue weighted by Crippen LogP contribution is 2.23. The molecule has 1 aliphatic heterocycles. The van der Waals surface area contributed by atoms with Crippen LogP contribution in [0.2, 0.25) is 5.02 Å². The quantitative estimate of drug-likeness (QED) is 0.703. The van der Waals surface area contributed by atoms with Crippen LogP contribution in [0.1, 0.15) is 12.8 Å². The molecule has 1 atom stereocenters. The lowest BCUT2D eigenvalue weighted by Crippen LogP contribution is -2.31. The van der Waals surface area contributed by atoms with Gasteiger partial charge in [-0.25, -0.2) is 14.8 Å². The summed E-state index contributed by atoms with van der Waals surface area (Å²) in [5, 5.41) is 11.7. The molecule has 124 valence electrons. The van der Waals surface area contributed by atoms with Crippen LogP contribution in [0.25, 0.3) is 0 Å². The van der Waals surface area contributed by atoms with E-state index in [0.717, 1.165) is 4.90 Å². The number of hydrogen-bond acceptors (Lipinski definition) is 5. The molecule has 1 aliphatic rings. The maximum Gasteiger partial charge on any atom is 0.329 e. The summed E-state index contributed by atoms with van der Waals surface area (Å²) in [5.41, 5.74) is 0.426. The van der Waals surface area contributed by atoms with Gasteiger partial charge in [0, 0.05) is 11.4 Å². The van der Waals surface area contributed by atoms with Crippen LogP contribution in [0.15, 0.2) is 30.6 Å². The molecule has 24 heavy (non-hydrogen) atoms. The average Bonchev–Trinajstić information content (AvgIpc) is 3.15. The second-order valence-corrected chi connectivity index (χ2v) is 5.51. The number of aromatic nitrogens is 3. The summed E-state index contributed by atoms with van der Waals surface area (Å²) in [6, 6.07) is 5.07. The third-order valence-electron chi connectivity index (χ3n) is 3.44. The number of aromatic amines is 1. The Labute approximate surface area is 141 Å². The van der Waals surface area contributed by atoms with Gasteiger partial charge in [0.15, 0.2) is 0 Å². The van der Waals surface area contributed by atoms with Crippen molar-refractivity contribution in [1.29, 1.82) is 0 Å². The Morgan fingerprint density at radius 2 is 2.04 bits per heavy atom. The number of amides is 4. The van der Waals surface area contributed by atoms with Crippen molar-refractivity contribution in [3.63, 3.8) is 0 Å². The van der Waals surface area contributed by atoms with Gasteiger partial charge < -0.3 is 5.32 Å². The van der Waals surface area contributed by atoms with Crippen molar-refractivity contribution in [2.24, 2.45) is 0 Å². The summed E-state index contributed by atoms with van der Waals surface area (Å²) in [6.45, 7) is 0. The monoisotopic (exact) mass is 348 g/mol. The minimum Gasteiger partial charge on any atom is -0.325 e. The second-order valence-electron chi connectivity index (χ2n) is 5.07. The van der Waals surface area contributed by atoms with Gasteiger partial charge in [0.2, 0.25) is 11.9 Å². The van der Waals surface area contributed by atoms with Gasteiger partial charge >= 0.3 is 6.03 Å². The van der Waals surface area contributed by atoms with Crippen molar-refractivity contribution in [1.82, 2.24) is 20.5 Å². The molecule has 1 fully saturated rings. The third-order valence-corrected chi connectivity index (χ3v) is 3.69. The Bertz CT molecular complexity index is 761. The van der Waals surface area contributed by atoms with E-state index >= 15 is 0 Å². The Morgan fingerprint density at radius 3 is 2.71 bits per heavy atom. The predicted octanol–water partition coefficient (Wildman–Crippen LogP) is 1.30. The van der Waals surface area contributed by atoms with E-state index in [1.165, 1.54) is 6.33 Å². The van der Waals surface area contributed by atoms with E-state index in [1.807, 2.05) is 0 Å². The zero-order valence-corrected chi connectivity index (χ0v) is 13.1. The number of hydrogen-bond donors (Lipinski definition) is 3. The Kier molecular flexibility index (Phi) is 4.43. The Morgan fingerprint density at radius 1 is 1.29 bits per heavy atom. The fourth-order valence-electron chi connectivity index (χ4n) is 2.30. The van der Waals surface area contributed by atoms with Gasteiger partial charge in [0.05, 0.1) is 5.69 Å². The molecule has 1 aromatic heterocycles. The molecule has 1 saturated heterocycles. The summed E-state index contributed by atoms with van der Waals surface area (Å²) in [6.07, 6.45) is 1.49. The lowest BCUT2D eigenvalue weighted by Gasteiger charge is -2.13. The Hall–Kier alpha value is -2.94. The zero-order valence-electron chi connectivity index (χ0n) is 12.3. The first-order valence-electron chi connectivity index (χ1n) is 7.10. The molecule has 0 unspecified atom stereocenters. The van der Waals surface area contributed by atoms with Gasteiger partial charge in [-0.15, -0.1) is 0 Å². The maximum absolute atomic E-state index is 12.4. The van der Waals surface area contributed by atoms with Crippen LogP contribution in [0, 0.1) is 0 Å². The fourth-order valence-corrected chi connectivity index (χ4v) is 2.42. The van der Waals surface area contributed by atoms with Crippen LogP contribution >= 0.6 is 11.6 Å². The van der Waals surface area contributed by atoms with Gasteiger partial charge in [-0.05, 0) is 30.7 Å². The standard InChI is InChI=1S/C14H13ClN6O3/c15-8-1-3-9(4-2-8)21-12(23)10(18-14(21)24)5-6-11(22)19-13-16-7-17-20-13/h1-4,7,10H,5-6H2,(H,18,24)(H2,16,17,19,20,22)/t10-/m0/s1. The fraction of sp³-hybridized carbons (Fsp3) is 0.214. The zero-order chi connectivity index (χ0) is 17.1. The van der Waals surface area contributed by atoms with Gasteiger partial charge in [-0.2, -0.15) is 10.1 Å². The van der Waals surface area contributed by atoms with Gasteiger partial charge in [0.1, 0.15) is 12.4 Å². The summed E-state index contributed by atoms with van der Waals surface area (Å²) in [7, 11) is 0. The molecule has 0 aliphatic carbocycles. The molecule has 0 bridgehead atoms. The number of imide groups is 1. The van der Waals surface area contributed by atoms with Crippen LogP contribution < -0.4 is 15.5 Å². The highest BCUT2D eigenvalue weighted by atomic mass is 35.5. The van der Waals surface area contributed by atoms with Crippen molar-refractivity contribution in [2.75, 3.05) is 10.2 Å². The van der Waals surface area contributed by atoms with Crippen LogP contribution in [-0.4, -0.2) is 39.1 Å². The topological polar surface area (TPSA) is 120 Å². The average molecular weight is 349 g/mol. The van der Waals surface area contributed by atoms with E-state index < -0.39 is 18.0 Å². The molecule has 3 N–H and O–H groups in total. The lowest BCUT2D eigenvalue weighted by molar-refractivity contribution is -0.119. The SMILES string of the molecule is O=C(CC[C@@H]1NC(=O)N(c2ccc(Cl)cc2)C1=O)Nc1ncn[nH]1. The number of urea groups is 1. The number of nitrogens with one attached hydrogen (secondary N) is 3. The van der Waals surface area contributed by atoms with Gasteiger partial charge in [-0.1, -0.05) is 11.6 Å². The van der Waals surface area contributed by atoms with Crippen molar-refractivity contribution < 1.29 is 14.4 Å². The third kappa shape index (κ3) is 3.35. The molecular weight excluding hydrogens is 336 g/mol. The van der Waals surface area contributed by atoms with Gasteiger partial charge in [-0.3, -0.25) is 14.9 Å². The summed E-state index contributed by atoms with van der Waals surface area (Å²) in [4.78, 5) is 41.0. The van der Waals surface area contributed by atoms with E-state index in [4.69, 9.17) is 11.6 Å². The minimum atomic E-state index is -0.756. The number of anilines is 2. The molecular formula is C14H13ClN6O3. The molecule has 9 nitrogen and oxygen atoms in total. The van der Waals surface area contributed by atoms with Crippen LogP contribution in [0.5, 0.6) is 0 Å². The molecule has 4 amide bonds. The van der Waals surface area contributed by atoms with E-state index in [1.54, 1.807) is 24.3 Å². The minimum absolute atomic E-state index is 0.0475. The molecule has 2 heterocycles. The van der Waals surface area contributed by atoms with Gasteiger partial charge in [0.25, 0.3) is 5.91 Å². The number of benzene rings is 1. The predicted molar refractivity (Wildman–Crippen MR) is 85.5 cm³/mol. The van der Waals surface area contributed by atoms with Crippen LogP contribution in [0.4, 0.5) is 16.4 Å². The molecule has 1 aromatic carbocycles. The molecule has 0 spiro atoms. The number of halogens is 1. The molecule has 0 radical (unpaired) electrons. The number of rotatable bonds is 5. The van der Waals surface area contributed by atoms with E-state index in [-0.39, 0.29) is 24.7 Å². The largest absolute Gasteiger partial charge is 0.329 e. The molecule has 2 aromatic rings. The number of carbonyl (C=O) groups excluding carboxylic acids is 3. The highest BCUT2D eigenvalue weighted by Gasteiger charge is 2.38. The Balaban J connectivity index is 1.59. The summed E-state index contributed by atoms with van der Waals surface area (Å²) in [5.74, 6) is -0.516. The molecule has 10 heteroatoms. The maximum atomic E-state index is 12.4. The van der Waals surface area contributed by atoms with E-state index in [0.29, 0.717) is 10.7 Å². The van der Waals surface area contributed by atoms with Crippen molar-refractivity contribution in [3.05, 3.63) is 35.6 Å². The second kappa shape index (κ2) is 6.67. The smallest absolute Gasteiger partial charge is 0.325 e. The normalized spacial score (nSPS) is 17.0. The summed E-state index contributed by atoms with van der Waals surface area (Å²) >= 11 is 5.80. The molecule has 0 saturated carbocycles. The number of carbonyl (C=O) groups is 3. The van der Waals surface area contributed by atoms with Crippen molar-refractivity contribution >= 4 is 41.1 Å². The highest BCUT2D eigenvalue weighted by molar-refractivity contribution is 6.30. The van der Waals surface area contributed by atoms with E-state index in [9.17, 15) is 14.4 Å². The molecule has 3 rings (SSSR count). The summed E-state index contributed by atoms with van der Waals surface area (Å²) < 4.78 is 0. The number of H-pyrrole nitrogens is 1. The first-order valence-corrected chi connectivity index (χ1v) is 7.47.